The first-order valence-electron chi connectivity index (χ1n) is 6.50. The van der Waals surface area contributed by atoms with Gasteiger partial charge in [-0.25, -0.2) is 4.39 Å². The Hall–Kier alpha value is -2.01. The van der Waals surface area contributed by atoms with Gasteiger partial charge in [-0.05, 0) is 55.3 Å². The molecule has 0 aliphatic heterocycles. The summed E-state index contributed by atoms with van der Waals surface area (Å²) in [4.78, 5) is 12.5. The van der Waals surface area contributed by atoms with Gasteiger partial charge < -0.3 is 11.1 Å². The summed E-state index contributed by atoms with van der Waals surface area (Å²) in [5.74, 6) is -0.325. The molecular formula is C16H17FN2OS. The molecular weight excluding hydrogens is 287 g/mol. The Kier molecular flexibility index (Phi) is 4.85. The van der Waals surface area contributed by atoms with Crippen LogP contribution in [0, 0.1) is 19.7 Å². The highest BCUT2D eigenvalue weighted by Gasteiger charge is 2.07. The van der Waals surface area contributed by atoms with E-state index in [-0.39, 0.29) is 17.5 Å². The van der Waals surface area contributed by atoms with Crippen LogP contribution >= 0.6 is 11.8 Å². The van der Waals surface area contributed by atoms with Crippen LogP contribution in [0.3, 0.4) is 0 Å². The van der Waals surface area contributed by atoms with Crippen molar-refractivity contribution in [2.75, 3.05) is 16.8 Å². The second kappa shape index (κ2) is 6.63. The van der Waals surface area contributed by atoms with E-state index in [4.69, 9.17) is 5.73 Å². The third kappa shape index (κ3) is 4.23. The van der Waals surface area contributed by atoms with Crippen LogP contribution in [-0.4, -0.2) is 11.7 Å². The van der Waals surface area contributed by atoms with E-state index in [0.29, 0.717) is 10.6 Å². The van der Waals surface area contributed by atoms with E-state index >= 15 is 0 Å². The Bertz CT molecular complexity index is 673. The SMILES string of the molecule is Cc1ccc(NC(=O)CSc2cc(F)ccc2N)cc1C. The number of amides is 1. The average molecular weight is 304 g/mol. The van der Waals surface area contributed by atoms with Gasteiger partial charge in [0.2, 0.25) is 5.91 Å². The number of benzene rings is 2. The zero-order valence-electron chi connectivity index (χ0n) is 11.9. The molecule has 0 fully saturated rings. The fourth-order valence-electron chi connectivity index (χ4n) is 1.79. The topological polar surface area (TPSA) is 55.1 Å². The lowest BCUT2D eigenvalue weighted by atomic mass is 10.1. The highest BCUT2D eigenvalue weighted by molar-refractivity contribution is 8.00. The monoisotopic (exact) mass is 304 g/mol. The fraction of sp³-hybridized carbons (Fsp3) is 0.188. The van der Waals surface area contributed by atoms with Crippen LogP contribution in [0.4, 0.5) is 15.8 Å². The van der Waals surface area contributed by atoms with Crippen molar-refractivity contribution >= 4 is 29.0 Å². The molecule has 3 N–H and O–H groups in total. The summed E-state index contributed by atoms with van der Waals surface area (Å²) in [6.45, 7) is 4.01. The van der Waals surface area contributed by atoms with Gasteiger partial charge in [0.05, 0.1) is 5.75 Å². The quantitative estimate of drug-likeness (QED) is 0.668. The van der Waals surface area contributed by atoms with Gasteiger partial charge in [0.15, 0.2) is 0 Å². The Morgan fingerprint density at radius 2 is 1.95 bits per heavy atom. The number of rotatable bonds is 4. The predicted octanol–water partition coefficient (Wildman–Crippen LogP) is 3.76. The van der Waals surface area contributed by atoms with Gasteiger partial charge in [0.1, 0.15) is 5.82 Å². The minimum absolute atomic E-state index is 0.146. The summed E-state index contributed by atoms with van der Waals surface area (Å²) in [5.41, 5.74) is 9.27. The fourth-order valence-corrected chi connectivity index (χ4v) is 2.58. The molecule has 0 aromatic heterocycles. The Morgan fingerprint density at radius 3 is 2.67 bits per heavy atom. The van der Waals surface area contributed by atoms with Crippen molar-refractivity contribution in [3.05, 3.63) is 53.3 Å². The van der Waals surface area contributed by atoms with Crippen molar-refractivity contribution < 1.29 is 9.18 Å². The van der Waals surface area contributed by atoms with Crippen LogP contribution in [0.2, 0.25) is 0 Å². The van der Waals surface area contributed by atoms with Crippen molar-refractivity contribution in [3.63, 3.8) is 0 Å². The number of hydrogen-bond donors (Lipinski definition) is 2. The largest absolute Gasteiger partial charge is 0.398 e. The van der Waals surface area contributed by atoms with Gasteiger partial charge >= 0.3 is 0 Å². The van der Waals surface area contributed by atoms with Crippen LogP contribution in [-0.2, 0) is 4.79 Å². The summed E-state index contributed by atoms with van der Waals surface area (Å²) in [7, 11) is 0. The van der Waals surface area contributed by atoms with Gasteiger partial charge in [-0.15, -0.1) is 11.8 Å². The standard InChI is InChI=1S/C16H17FN2OS/c1-10-3-5-13(7-11(10)2)19-16(20)9-21-15-8-12(17)4-6-14(15)18/h3-8H,9,18H2,1-2H3,(H,19,20). The molecule has 0 aliphatic carbocycles. The number of aryl methyl sites for hydroxylation is 2. The summed E-state index contributed by atoms with van der Waals surface area (Å²) < 4.78 is 13.1. The number of carbonyl (C=O) groups is 1. The first kappa shape index (κ1) is 15.4. The van der Waals surface area contributed by atoms with Crippen molar-refractivity contribution in [1.82, 2.24) is 0 Å². The summed E-state index contributed by atoms with van der Waals surface area (Å²) >= 11 is 1.22. The maximum Gasteiger partial charge on any atom is 0.234 e. The number of nitrogens with one attached hydrogen (secondary N) is 1. The molecule has 0 heterocycles. The minimum Gasteiger partial charge on any atom is -0.398 e. The Balaban J connectivity index is 1.95. The Labute approximate surface area is 127 Å². The molecule has 0 saturated heterocycles. The smallest absolute Gasteiger partial charge is 0.234 e. The van der Waals surface area contributed by atoms with Gasteiger partial charge in [0.25, 0.3) is 0 Å². The number of carbonyl (C=O) groups excluding carboxylic acids is 1. The molecule has 2 aromatic rings. The van der Waals surface area contributed by atoms with Gasteiger partial charge in [-0.3, -0.25) is 4.79 Å². The molecule has 2 aromatic carbocycles. The average Bonchev–Trinajstić information content (AvgIpc) is 2.44. The first-order chi connectivity index (χ1) is 9.95. The molecule has 21 heavy (non-hydrogen) atoms. The number of thioether (sulfide) groups is 1. The van der Waals surface area contributed by atoms with E-state index < -0.39 is 0 Å². The second-order valence-electron chi connectivity index (χ2n) is 4.82. The van der Waals surface area contributed by atoms with Gasteiger partial charge in [0, 0.05) is 16.3 Å². The van der Waals surface area contributed by atoms with E-state index in [1.807, 2.05) is 32.0 Å². The van der Waals surface area contributed by atoms with E-state index in [0.717, 1.165) is 11.3 Å². The normalized spacial score (nSPS) is 10.4. The molecule has 0 spiro atoms. The maximum atomic E-state index is 13.1. The van der Waals surface area contributed by atoms with E-state index in [1.165, 1.54) is 35.5 Å². The molecule has 0 bridgehead atoms. The summed E-state index contributed by atoms with van der Waals surface area (Å²) in [6, 6.07) is 9.88. The van der Waals surface area contributed by atoms with Gasteiger partial charge in [-0.2, -0.15) is 0 Å². The zero-order valence-corrected chi connectivity index (χ0v) is 12.8. The van der Waals surface area contributed by atoms with E-state index in [2.05, 4.69) is 5.32 Å². The number of nitrogens with two attached hydrogens (primary N) is 1. The van der Waals surface area contributed by atoms with Crippen molar-refractivity contribution in [2.45, 2.75) is 18.7 Å². The molecule has 0 unspecified atom stereocenters. The van der Waals surface area contributed by atoms with Crippen molar-refractivity contribution in [1.29, 1.82) is 0 Å². The minimum atomic E-state index is -0.360. The van der Waals surface area contributed by atoms with Gasteiger partial charge in [-0.1, -0.05) is 6.07 Å². The first-order valence-corrected chi connectivity index (χ1v) is 7.49. The second-order valence-corrected chi connectivity index (χ2v) is 5.84. The molecule has 0 saturated carbocycles. The lowest BCUT2D eigenvalue weighted by Crippen LogP contribution is -2.14. The zero-order chi connectivity index (χ0) is 15.4. The highest BCUT2D eigenvalue weighted by Crippen LogP contribution is 2.26. The van der Waals surface area contributed by atoms with Crippen LogP contribution in [0.1, 0.15) is 11.1 Å². The molecule has 3 nitrogen and oxygen atoms in total. The highest BCUT2D eigenvalue weighted by atomic mass is 32.2. The van der Waals surface area contributed by atoms with Crippen LogP contribution in [0.15, 0.2) is 41.3 Å². The molecule has 1 amide bonds. The molecule has 0 radical (unpaired) electrons. The number of hydrogen-bond acceptors (Lipinski definition) is 3. The van der Waals surface area contributed by atoms with Crippen molar-refractivity contribution in [3.8, 4) is 0 Å². The lowest BCUT2D eigenvalue weighted by molar-refractivity contribution is -0.113. The van der Waals surface area contributed by atoms with E-state index in [1.54, 1.807) is 0 Å². The molecule has 110 valence electrons. The third-order valence-corrected chi connectivity index (χ3v) is 4.20. The van der Waals surface area contributed by atoms with Crippen LogP contribution in [0.5, 0.6) is 0 Å². The molecule has 0 aliphatic rings. The van der Waals surface area contributed by atoms with Crippen LogP contribution in [0.25, 0.3) is 0 Å². The number of halogens is 1. The maximum absolute atomic E-state index is 13.1. The third-order valence-electron chi connectivity index (χ3n) is 3.13. The summed E-state index contributed by atoms with van der Waals surface area (Å²) in [5, 5.41) is 2.82. The Morgan fingerprint density at radius 1 is 1.19 bits per heavy atom. The molecule has 5 heteroatoms. The number of nitrogen functional groups attached to an aromatic ring is 1. The number of anilines is 2. The van der Waals surface area contributed by atoms with Crippen LogP contribution < -0.4 is 11.1 Å². The predicted molar refractivity (Wildman–Crippen MR) is 86.1 cm³/mol. The molecule has 0 atom stereocenters. The molecule has 2 rings (SSSR count). The lowest BCUT2D eigenvalue weighted by Gasteiger charge is -2.08. The van der Waals surface area contributed by atoms with Crippen molar-refractivity contribution in [2.24, 2.45) is 0 Å². The van der Waals surface area contributed by atoms with E-state index in [9.17, 15) is 9.18 Å². The summed E-state index contributed by atoms with van der Waals surface area (Å²) in [6.07, 6.45) is 0.